The minimum atomic E-state index is -0.739. The lowest BCUT2D eigenvalue weighted by molar-refractivity contribution is -0.0161. The first-order valence-electron chi connectivity index (χ1n) is 15.1. The van der Waals surface area contributed by atoms with E-state index in [1.807, 2.05) is 78.6 Å². The van der Waals surface area contributed by atoms with E-state index in [0.29, 0.717) is 24.6 Å². The minimum Gasteiger partial charge on any atom is -0.457 e. The zero-order valence-corrected chi connectivity index (χ0v) is 24.2. The summed E-state index contributed by atoms with van der Waals surface area (Å²) >= 11 is 0. The molecular weight excluding hydrogens is 530 g/mol. The summed E-state index contributed by atoms with van der Waals surface area (Å²) in [5.74, 6) is 1.07. The molecule has 220 valence electrons. The van der Waals surface area contributed by atoms with Crippen LogP contribution < -0.4 is 4.74 Å². The highest BCUT2D eigenvalue weighted by Crippen LogP contribution is 2.56. The molecule has 1 unspecified atom stereocenters. The van der Waals surface area contributed by atoms with Crippen molar-refractivity contribution in [3.63, 3.8) is 0 Å². The van der Waals surface area contributed by atoms with Crippen LogP contribution in [0, 0.1) is 5.92 Å². The Morgan fingerprint density at radius 1 is 0.929 bits per heavy atom. The van der Waals surface area contributed by atoms with Crippen molar-refractivity contribution in [3.8, 4) is 5.75 Å². The Morgan fingerprint density at radius 3 is 2.48 bits per heavy atom. The zero-order valence-electron chi connectivity index (χ0n) is 24.2. The molecule has 3 aromatic carbocycles. The first-order valence-corrected chi connectivity index (χ1v) is 15.1. The number of fused-ring (bicyclic) bond motifs is 1. The molecule has 2 fully saturated rings. The monoisotopic (exact) mass is 569 g/mol. The fourth-order valence-corrected chi connectivity index (χ4v) is 7.43. The zero-order chi connectivity index (χ0) is 28.9. The Balaban J connectivity index is 1.08. The smallest absolute Gasteiger partial charge is 0.457 e. The summed E-state index contributed by atoms with van der Waals surface area (Å²) in [4.78, 5) is 27.5. The van der Waals surface area contributed by atoms with Gasteiger partial charge in [0.15, 0.2) is 0 Å². The lowest BCUT2D eigenvalue weighted by atomic mass is 9.52. The number of amides is 1. The first kappa shape index (κ1) is 28.1. The summed E-state index contributed by atoms with van der Waals surface area (Å²) in [5, 5.41) is 0. The van der Waals surface area contributed by atoms with Crippen LogP contribution in [0.3, 0.4) is 0 Å². The molecule has 0 aromatic heterocycles. The fraction of sp³-hybridized carbons (Fsp3) is 0.429. The van der Waals surface area contributed by atoms with Crippen LogP contribution in [0.2, 0.25) is 0 Å². The molecule has 1 heterocycles. The Kier molecular flexibility index (Phi) is 8.36. The van der Waals surface area contributed by atoms with Gasteiger partial charge in [0, 0.05) is 24.4 Å². The number of hydrogen-bond acceptors (Lipinski definition) is 6. The van der Waals surface area contributed by atoms with E-state index >= 15 is 0 Å². The largest absolute Gasteiger partial charge is 0.511 e. The summed E-state index contributed by atoms with van der Waals surface area (Å²) in [6.45, 7) is 2.61. The van der Waals surface area contributed by atoms with E-state index in [1.165, 1.54) is 24.0 Å². The molecule has 7 nitrogen and oxygen atoms in total. The summed E-state index contributed by atoms with van der Waals surface area (Å²) in [6.07, 6.45) is 5.66. The van der Waals surface area contributed by atoms with Gasteiger partial charge in [0.2, 0.25) is 6.79 Å². The van der Waals surface area contributed by atoms with Crippen molar-refractivity contribution < 1.29 is 28.5 Å². The minimum absolute atomic E-state index is 0.0265. The molecule has 1 amide bonds. The predicted octanol–water partition coefficient (Wildman–Crippen LogP) is 7.20. The van der Waals surface area contributed by atoms with Gasteiger partial charge in [0.1, 0.15) is 18.5 Å². The maximum Gasteiger partial charge on any atom is 0.511 e. The molecular formula is C35H39NO6. The topological polar surface area (TPSA) is 74.3 Å². The Bertz CT molecular complexity index is 1380. The van der Waals surface area contributed by atoms with Gasteiger partial charge in [-0.15, -0.1) is 0 Å². The SMILES string of the molecule is CC(Cc1ccccc1)OC(=O)OCOc1ccc2c(c1)[C@@]13CCCC[C@H]1[C@@H](C2)N(C(=O)OCc1ccccc1)CC3. The van der Waals surface area contributed by atoms with Gasteiger partial charge in [0.05, 0.1) is 0 Å². The number of carbonyl (C=O) groups is 2. The van der Waals surface area contributed by atoms with Gasteiger partial charge in [-0.2, -0.15) is 0 Å². The highest BCUT2D eigenvalue weighted by atomic mass is 16.8. The van der Waals surface area contributed by atoms with Gasteiger partial charge >= 0.3 is 12.2 Å². The van der Waals surface area contributed by atoms with Crippen LogP contribution in [0.25, 0.3) is 0 Å². The maximum absolute atomic E-state index is 13.3. The summed E-state index contributed by atoms with van der Waals surface area (Å²) in [7, 11) is 0. The van der Waals surface area contributed by atoms with Crippen molar-refractivity contribution in [2.75, 3.05) is 13.3 Å². The fourth-order valence-electron chi connectivity index (χ4n) is 7.43. The Morgan fingerprint density at radius 2 is 1.69 bits per heavy atom. The predicted molar refractivity (Wildman–Crippen MR) is 158 cm³/mol. The lowest BCUT2D eigenvalue weighted by Gasteiger charge is -2.58. The van der Waals surface area contributed by atoms with Gasteiger partial charge in [0.25, 0.3) is 0 Å². The summed E-state index contributed by atoms with van der Waals surface area (Å²) in [5.41, 5.74) is 4.72. The molecule has 2 aliphatic carbocycles. The van der Waals surface area contributed by atoms with E-state index in [-0.39, 0.29) is 37.1 Å². The van der Waals surface area contributed by atoms with Crippen LogP contribution in [0.5, 0.6) is 5.75 Å². The molecule has 7 heteroatoms. The van der Waals surface area contributed by atoms with E-state index < -0.39 is 6.16 Å². The molecule has 0 radical (unpaired) electrons. The average molecular weight is 570 g/mol. The normalized spacial score (nSPS) is 23.1. The first-order chi connectivity index (χ1) is 20.5. The number of ether oxygens (including phenoxy) is 4. The van der Waals surface area contributed by atoms with E-state index in [1.54, 1.807) is 0 Å². The van der Waals surface area contributed by atoms with Gasteiger partial charge in [-0.05, 0) is 72.9 Å². The number of likely N-dealkylation sites (tertiary alicyclic amines) is 1. The quantitative estimate of drug-likeness (QED) is 0.211. The Hall–Kier alpha value is -4.00. The third kappa shape index (κ3) is 5.96. The third-order valence-electron chi connectivity index (χ3n) is 9.31. The second kappa shape index (κ2) is 12.5. The maximum atomic E-state index is 13.3. The summed E-state index contributed by atoms with van der Waals surface area (Å²) < 4.78 is 22.3. The van der Waals surface area contributed by atoms with Crippen molar-refractivity contribution in [1.29, 1.82) is 0 Å². The van der Waals surface area contributed by atoms with Gasteiger partial charge in [-0.1, -0.05) is 79.6 Å². The molecule has 3 aromatic rings. The molecule has 4 atom stereocenters. The molecule has 1 saturated heterocycles. The Labute approximate surface area is 247 Å². The van der Waals surface area contributed by atoms with E-state index in [9.17, 15) is 9.59 Å². The molecule has 42 heavy (non-hydrogen) atoms. The second-order valence-corrected chi connectivity index (χ2v) is 11.9. The molecule has 0 N–H and O–H groups in total. The van der Waals surface area contributed by atoms with Crippen LogP contribution in [-0.4, -0.2) is 42.6 Å². The van der Waals surface area contributed by atoms with Crippen molar-refractivity contribution in [2.24, 2.45) is 5.92 Å². The molecule has 1 saturated carbocycles. The van der Waals surface area contributed by atoms with Crippen LogP contribution in [0.15, 0.2) is 78.9 Å². The number of piperidine rings is 1. The third-order valence-corrected chi connectivity index (χ3v) is 9.31. The van der Waals surface area contributed by atoms with Crippen molar-refractivity contribution in [1.82, 2.24) is 4.90 Å². The van der Waals surface area contributed by atoms with Crippen LogP contribution >= 0.6 is 0 Å². The molecule has 1 aliphatic heterocycles. The highest BCUT2D eigenvalue weighted by molar-refractivity contribution is 5.69. The van der Waals surface area contributed by atoms with Gasteiger partial charge in [-0.3, -0.25) is 0 Å². The summed E-state index contributed by atoms with van der Waals surface area (Å²) in [6, 6.07) is 26.1. The second-order valence-electron chi connectivity index (χ2n) is 11.9. The van der Waals surface area contributed by atoms with Crippen molar-refractivity contribution >= 4 is 12.2 Å². The van der Waals surface area contributed by atoms with Crippen molar-refractivity contribution in [2.45, 2.75) is 76.0 Å². The standard InChI is InChI=1S/C35H39NO6/c1-25(20-26-10-4-2-5-11-26)42-34(38)41-24-40-29-16-15-28-21-32-30-14-8-9-17-35(30,31(28)22-29)18-19-36(32)33(37)39-23-27-12-6-3-7-13-27/h2-7,10-13,15-16,22,25,30,32H,8-9,14,17-21,23-24H2,1H3/t25?,30-,32+,35+/m0/s1. The number of rotatable bonds is 8. The van der Waals surface area contributed by atoms with Gasteiger partial charge in [-0.25, -0.2) is 9.59 Å². The van der Waals surface area contributed by atoms with Crippen LogP contribution in [0.4, 0.5) is 9.59 Å². The van der Waals surface area contributed by atoms with E-state index in [0.717, 1.165) is 36.8 Å². The lowest BCUT2D eigenvalue weighted by Crippen LogP contribution is -2.62. The molecule has 2 bridgehead atoms. The number of benzene rings is 3. The molecule has 0 spiro atoms. The highest BCUT2D eigenvalue weighted by Gasteiger charge is 2.55. The molecule has 6 rings (SSSR count). The van der Waals surface area contributed by atoms with Crippen LogP contribution in [-0.2, 0) is 39.1 Å². The van der Waals surface area contributed by atoms with Crippen LogP contribution in [0.1, 0.15) is 61.3 Å². The van der Waals surface area contributed by atoms with E-state index in [4.69, 9.17) is 18.9 Å². The average Bonchev–Trinajstić information content (AvgIpc) is 3.01. The number of carbonyl (C=O) groups excluding carboxylic acids is 2. The van der Waals surface area contributed by atoms with Crippen molar-refractivity contribution in [3.05, 3.63) is 101 Å². The molecule has 3 aliphatic rings. The van der Waals surface area contributed by atoms with Gasteiger partial charge < -0.3 is 23.8 Å². The number of nitrogens with zero attached hydrogens (tertiary/aromatic N) is 1. The number of hydrogen-bond donors (Lipinski definition) is 0. The van der Waals surface area contributed by atoms with E-state index in [2.05, 4.69) is 12.1 Å².